The zero-order valence-corrected chi connectivity index (χ0v) is 11.0. The van der Waals surface area contributed by atoms with E-state index in [-0.39, 0.29) is 5.69 Å². The molecule has 4 nitrogen and oxygen atoms in total. The number of anilines is 1. The average Bonchev–Trinajstić information content (AvgIpc) is 2.46. The fraction of sp³-hybridized carbons (Fsp3) is 0.200. The number of rotatable bonds is 3. The summed E-state index contributed by atoms with van der Waals surface area (Å²) in [5.41, 5.74) is 9.49. The number of carbonyl (C=O) groups is 1. The van der Waals surface area contributed by atoms with Crippen molar-refractivity contribution in [3.63, 3.8) is 0 Å². The summed E-state index contributed by atoms with van der Waals surface area (Å²) in [5.74, 6) is -0.522. The lowest BCUT2D eigenvalue weighted by molar-refractivity contribution is 0.0595. The topological polar surface area (TPSA) is 65.2 Å². The van der Waals surface area contributed by atoms with E-state index >= 15 is 0 Å². The van der Waals surface area contributed by atoms with Gasteiger partial charge in [-0.05, 0) is 23.6 Å². The molecule has 0 radical (unpaired) electrons. The monoisotopic (exact) mass is 256 g/mol. The van der Waals surface area contributed by atoms with Crippen LogP contribution in [0, 0.1) is 0 Å². The third-order valence-electron chi connectivity index (χ3n) is 2.96. The van der Waals surface area contributed by atoms with Gasteiger partial charge in [-0.15, -0.1) is 0 Å². The molecule has 0 saturated carbocycles. The summed E-state index contributed by atoms with van der Waals surface area (Å²) in [6.45, 7) is 2.10. The van der Waals surface area contributed by atoms with E-state index in [4.69, 9.17) is 5.73 Å². The largest absolute Gasteiger partial charge is 0.464 e. The van der Waals surface area contributed by atoms with Gasteiger partial charge in [0.05, 0.1) is 12.8 Å². The highest BCUT2D eigenvalue weighted by atomic mass is 16.5. The normalized spacial score (nSPS) is 10.2. The van der Waals surface area contributed by atoms with Crippen LogP contribution in [0.25, 0.3) is 11.1 Å². The predicted octanol–water partition coefficient (Wildman–Crippen LogP) is 2.68. The van der Waals surface area contributed by atoms with E-state index in [0.29, 0.717) is 5.69 Å². The summed E-state index contributed by atoms with van der Waals surface area (Å²) in [4.78, 5) is 15.5. The van der Waals surface area contributed by atoms with E-state index in [0.717, 1.165) is 17.5 Å². The van der Waals surface area contributed by atoms with Crippen LogP contribution in [0.5, 0.6) is 0 Å². The molecule has 19 heavy (non-hydrogen) atoms. The SMILES string of the molecule is CCc1cccc(-c2cnc(C(=O)OC)c(N)c2)c1. The van der Waals surface area contributed by atoms with Crippen molar-refractivity contribution >= 4 is 11.7 Å². The number of nitrogens with zero attached hydrogens (tertiary/aromatic N) is 1. The predicted molar refractivity (Wildman–Crippen MR) is 74.8 cm³/mol. The van der Waals surface area contributed by atoms with E-state index in [1.165, 1.54) is 12.7 Å². The number of nitrogens with two attached hydrogens (primary N) is 1. The summed E-state index contributed by atoms with van der Waals surface area (Å²) >= 11 is 0. The van der Waals surface area contributed by atoms with Gasteiger partial charge in [0.1, 0.15) is 0 Å². The van der Waals surface area contributed by atoms with Crippen molar-refractivity contribution in [1.82, 2.24) is 4.98 Å². The number of pyridine rings is 1. The number of aromatic nitrogens is 1. The number of hydrogen-bond donors (Lipinski definition) is 1. The number of methoxy groups -OCH3 is 1. The standard InChI is InChI=1S/C15H16N2O2/c1-3-10-5-4-6-11(7-10)12-8-13(16)14(17-9-12)15(18)19-2/h4-9H,3,16H2,1-2H3. The van der Waals surface area contributed by atoms with Gasteiger partial charge < -0.3 is 10.5 Å². The number of benzene rings is 1. The quantitative estimate of drug-likeness (QED) is 0.857. The van der Waals surface area contributed by atoms with Crippen LogP contribution in [0.3, 0.4) is 0 Å². The molecule has 1 aromatic heterocycles. The van der Waals surface area contributed by atoms with Crippen molar-refractivity contribution in [2.75, 3.05) is 12.8 Å². The van der Waals surface area contributed by atoms with Gasteiger partial charge in [0.2, 0.25) is 0 Å². The van der Waals surface area contributed by atoms with Crippen molar-refractivity contribution in [3.05, 3.63) is 47.8 Å². The van der Waals surface area contributed by atoms with Crippen molar-refractivity contribution in [1.29, 1.82) is 0 Å². The van der Waals surface area contributed by atoms with Crippen LogP contribution in [-0.2, 0) is 11.2 Å². The highest BCUT2D eigenvalue weighted by Gasteiger charge is 2.12. The van der Waals surface area contributed by atoms with E-state index in [1.54, 1.807) is 12.3 Å². The molecule has 1 aromatic carbocycles. The Kier molecular flexibility index (Phi) is 3.80. The molecule has 0 fully saturated rings. The Morgan fingerprint density at radius 3 is 2.74 bits per heavy atom. The zero-order valence-electron chi connectivity index (χ0n) is 11.0. The summed E-state index contributed by atoms with van der Waals surface area (Å²) in [6, 6.07) is 9.90. The Balaban J connectivity index is 2.41. The molecule has 0 spiro atoms. The third-order valence-corrected chi connectivity index (χ3v) is 2.96. The molecule has 0 amide bonds. The van der Waals surface area contributed by atoms with Crippen LogP contribution in [0.1, 0.15) is 23.0 Å². The van der Waals surface area contributed by atoms with Gasteiger partial charge in [-0.3, -0.25) is 0 Å². The minimum Gasteiger partial charge on any atom is -0.464 e. The molecule has 0 aliphatic carbocycles. The molecule has 2 aromatic rings. The number of hydrogen-bond acceptors (Lipinski definition) is 4. The molecule has 0 bridgehead atoms. The van der Waals surface area contributed by atoms with Gasteiger partial charge >= 0.3 is 5.97 Å². The van der Waals surface area contributed by atoms with Crippen LogP contribution in [0.2, 0.25) is 0 Å². The van der Waals surface area contributed by atoms with Crippen LogP contribution >= 0.6 is 0 Å². The Hall–Kier alpha value is -2.36. The Morgan fingerprint density at radius 2 is 2.11 bits per heavy atom. The van der Waals surface area contributed by atoms with E-state index in [1.807, 2.05) is 12.1 Å². The minimum absolute atomic E-state index is 0.151. The molecular weight excluding hydrogens is 240 g/mol. The Bertz CT molecular complexity index is 609. The maximum absolute atomic E-state index is 11.4. The molecule has 0 aliphatic heterocycles. The van der Waals surface area contributed by atoms with Gasteiger partial charge in [0.25, 0.3) is 0 Å². The van der Waals surface area contributed by atoms with Crippen molar-refractivity contribution in [3.8, 4) is 11.1 Å². The highest BCUT2D eigenvalue weighted by molar-refractivity contribution is 5.93. The third kappa shape index (κ3) is 2.73. The van der Waals surface area contributed by atoms with Crippen LogP contribution in [-0.4, -0.2) is 18.1 Å². The molecule has 4 heteroatoms. The smallest absolute Gasteiger partial charge is 0.358 e. The number of ether oxygens (including phenoxy) is 1. The molecule has 2 rings (SSSR count). The number of nitrogen functional groups attached to an aromatic ring is 1. The molecule has 0 unspecified atom stereocenters. The molecular formula is C15H16N2O2. The summed E-state index contributed by atoms with van der Waals surface area (Å²) in [5, 5.41) is 0. The second-order valence-corrected chi connectivity index (χ2v) is 4.21. The summed E-state index contributed by atoms with van der Waals surface area (Å²) in [6.07, 6.45) is 2.61. The molecule has 0 atom stereocenters. The summed E-state index contributed by atoms with van der Waals surface area (Å²) in [7, 11) is 1.31. The van der Waals surface area contributed by atoms with E-state index in [2.05, 4.69) is 28.8 Å². The van der Waals surface area contributed by atoms with Crippen molar-refractivity contribution in [2.24, 2.45) is 0 Å². The summed E-state index contributed by atoms with van der Waals surface area (Å²) < 4.78 is 4.62. The zero-order chi connectivity index (χ0) is 13.8. The van der Waals surface area contributed by atoms with Gasteiger partial charge in [-0.2, -0.15) is 0 Å². The van der Waals surface area contributed by atoms with Crippen LogP contribution in [0.15, 0.2) is 36.5 Å². The second kappa shape index (κ2) is 5.52. The van der Waals surface area contributed by atoms with Gasteiger partial charge in [-0.1, -0.05) is 31.2 Å². The van der Waals surface area contributed by atoms with Gasteiger partial charge in [0.15, 0.2) is 5.69 Å². The number of aryl methyl sites for hydroxylation is 1. The first-order valence-electron chi connectivity index (χ1n) is 6.09. The first kappa shape index (κ1) is 13.1. The number of esters is 1. The van der Waals surface area contributed by atoms with Crippen molar-refractivity contribution < 1.29 is 9.53 Å². The minimum atomic E-state index is -0.522. The lowest BCUT2D eigenvalue weighted by Gasteiger charge is -2.07. The molecule has 0 saturated heterocycles. The molecule has 1 heterocycles. The van der Waals surface area contributed by atoms with Gasteiger partial charge in [0, 0.05) is 11.8 Å². The highest BCUT2D eigenvalue weighted by Crippen LogP contribution is 2.23. The maximum Gasteiger partial charge on any atom is 0.358 e. The molecule has 0 aliphatic rings. The second-order valence-electron chi connectivity index (χ2n) is 4.21. The van der Waals surface area contributed by atoms with Crippen molar-refractivity contribution in [2.45, 2.75) is 13.3 Å². The van der Waals surface area contributed by atoms with Crippen LogP contribution < -0.4 is 5.73 Å². The first-order chi connectivity index (χ1) is 9.15. The van der Waals surface area contributed by atoms with E-state index < -0.39 is 5.97 Å². The number of carbonyl (C=O) groups excluding carboxylic acids is 1. The van der Waals surface area contributed by atoms with Gasteiger partial charge in [-0.25, -0.2) is 9.78 Å². The van der Waals surface area contributed by atoms with E-state index in [9.17, 15) is 4.79 Å². The Morgan fingerprint density at radius 1 is 1.32 bits per heavy atom. The fourth-order valence-corrected chi connectivity index (χ4v) is 1.88. The molecule has 2 N–H and O–H groups in total. The molecule has 98 valence electrons. The lowest BCUT2D eigenvalue weighted by atomic mass is 10.0. The first-order valence-corrected chi connectivity index (χ1v) is 6.09. The average molecular weight is 256 g/mol. The maximum atomic E-state index is 11.4. The lowest BCUT2D eigenvalue weighted by Crippen LogP contribution is -2.08. The fourth-order valence-electron chi connectivity index (χ4n) is 1.88. The Labute approximate surface area is 112 Å². The van der Waals surface area contributed by atoms with Crippen LogP contribution in [0.4, 0.5) is 5.69 Å².